The monoisotopic (exact) mass is 261 g/mol. The Kier molecular flexibility index (Phi) is 3.31. The number of nitrogens with one attached hydrogen (secondary N) is 1. The molecule has 0 aromatic carbocycles. The molecule has 1 aliphatic rings. The first-order valence-electron chi connectivity index (χ1n) is 6.71. The van der Waals surface area contributed by atoms with Crippen LogP contribution < -0.4 is 5.32 Å². The maximum Gasteiger partial charge on any atom is 0.143 e. The molecule has 0 unspecified atom stereocenters. The molecule has 18 heavy (non-hydrogen) atoms. The molecule has 96 valence electrons. The van der Waals surface area contributed by atoms with Gasteiger partial charge in [0.25, 0.3) is 0 Å². The second-order valence-corrected chi connectivity index (χ2v) is 6.27. The Morgan fingerprint density at radius 3 is 2.89 bits per heavy atom. The van der Waals surface area contributed by atoms with E-state index in [1.54, 1.807) is 11.3 Å². The van der Waals surface area contributed by atoms with Gasteiger partial charge in [-0.1, -0.05) is 30.6 Å². The van der Waals surface area contributed by atoms with Crippen LogP contribution >= 0.6 is 11.3 Å². The van der Waals surface area contributed by atoms with Crippen LogP contribution in [-0.4, -0.2) is 22.6 Å². The van der Waals surface area contributed by atoms with E-state index in [1.165, 1.54) is 37.1 Å². The molecule has 0 amide bonds. The van der Waals surface area contributed by atoms with E-state index < -0.39 is 0 Å². The van der Waals surface area contributed by atoms with Crippen molar-refractivity contribution in [2.24, 2.45) is 0 Å². The van der Waals surface area contributed by atoms with Crippen LogP contribution in [0, 0.1) is 0 Å². The Bertz CT molecular complexity index is 496. The van der Waals surface area contributed by atoms with Gasteiger partial charge in [0.1, 0.15) is 10.3 Å². The number of rotatable bonds is 3. The zero-order valence-corrected chi connectivity index (χ0v) is 11.6. The highest BCUT2D eigenvalue weighted by molar-refractivity contribution is 7.18. The molecule has 2 heterocycles. The van der Waals surface area contributed by atoms with Crippen LogP contribution in [0.1, 0.15) is 37.1 Å². The van der Waals surface area contributed by atoms with Gasteiger partial charge in [0, 0.05) is 18.2 Å². The third kappa shape index (κ3) is 2.27. The van der Waals surface area contributed by atoms with Crippen molar-refractivity contribution in [3.63, 3.8) is 0 Å². The Morgan fingerprint density at radius 2 is 2.17 bits per heavy atom. The van der Waals surface area contributed by atoms with Crippen molar-refractivity contribution in [2.45, 2.75) is 44.1 Å². The highest BCUT2D eigenvalue weighted by Gasteiger charge is 2.31. The fourth-order valence-corrected chi connectivity index (χ4v) is 3.97. The van der Waals surface area contributed by atoms with Crippen LogP contribution in [0.3, 0.4) is 0 Å². The lowest BCUT2D eigenvalue weighted by atomic mass is 9.79. The molecule has 1 fully saturated rings. The van der Waals surface area contributed by atoms with Crippen molar-refractivity contribution in [2.75, 3.05) is 7.05 Å². The lowest BCUT2D eigenvalue weighted by Crippen LogP contribution is -2.46. The molecule has 1 aliphatic carbocycles. The molecule has 2 aromatic rings. The maximum absolute atomic E-state index is 4.72. The summed E-state index contributed by atoms with van der Waals surface area (Å²) in [5, 5.41) is 4.78. The number of thiazole rings is 1. The standard InChI is InChI=1S/C14H19N3S/c1-15-14(7-3-2-4-8-14)10-12-17-11-6-5-9-16-13(11)18-12/h5-6,9,15H,2-4,7-8,10H2,1H3. The molecule has 0 saturated heterocycles. The van der Waals surface area contributed by atoms with E-state index in [2.05, 4.69) is 23.4 Å². The Balaban J connectivity index is 1.85. The van der Waals surface area contributed by atoms with Gasteiger partial charge in [0.15, 0.2) is 0 Å². The van der Waals surface area contributed by atoms with Gasteiger partial charge in [-0.3, -0.25) is 0 Å². The Morgan fingerprint density at radius 1 is 1.33 bits per heavy atom. The van der Waals surface area contributed by atoms with E-state index in [4.69, 9.17) is 4.98 Å². The predicted octanol–water partition coefficient (Wildman–Crippen LogP) is 3.16. The van der Waals surface area contributed by atoms with Crippen molar-refractivity contribution in [3.05, 3.63) is 23.3 Å². The third-order valence-electron chi connectivity index (χ3n) is 4.04. The third-order valence-corrected chi connectivity index (χ3v) is 5.02. The number of hydrogen-bond donors (Lipinski definition) is 1. The number of nitrogens with zero attached hydrogens (tertiary/aromatic N) is 2. The fraction of sp³-hybridized carbons (Fsp3) is 0.571. The summed E-state index contributed by atoms with van der Waals surface area (Å²) in [4.78, 5) is 10.2. The van der Waals surface area contributed by atoms with Crippen LogP contribution in [0.15, 0.2) is 18.3 Å². The zero-order chi connectivity index (χ0) is 12.4. The lowest BCUT2D eigenvalue weighted by molar-refractivity contribution is 0.244. The summed E-state index contributed by atoms with van der Waals surface area (Å²) in [5.74, 6) is 0. The van der Waals surface area contributed by atoms with Crippen molar-refractivity contribution < 1.29 is 0 Å². The summed E-state index contributed by atoms with van der Waals surface area (Å²) < 4.78 is 0. The van der Waals surface area contributed by atoms with Crippen molar-refractivity contribution in [3.8, 4) is 0 Å². The molecule has 0 spiro atoms. The topological polar surface area (TPSA) is 37.8 Å². The molecule has 4 heteroatoms. The van der Waals surface area contributed by atoms with Crippen LogP contribution in [-0.2, 0) is 6.42 Å². The molecule has 1 N–H and O–H groups in total. The molecular formula is C14H19N3S. The summed E-state index contributed by atoms with van der Waals surface area (Å²) in [7, 11) is 2.09. The van der Waals surface area contributed by atoms with Crippen LogP contribution in [0.2, 0.25) is 0 Å². The first kappa shape index (κ1) is 12.1. The number of pyridine rings is 1. The lowest BCUT2D eigenvalue weighted by Gasteiger charge is -2.36. The van der Waals surface area contributed by atoms with Gasteiger partial charge in [0.05, 0.1) is 5.01 Å². The minimum Gasteiger partial charge on any atom is -0.314 e. The first-order valence-corrected chi connectivity index (χ1v) is 7.52. The molecule has 0 bridgehead atoms. The SMILES string of the molecule is CNC1(Cc2nc3cccnc3s2)CCCCC1. The average Bonchev–Trinajstić information content (AvgIpc) is 2.81. The highest BCUT2D eigenvalue weighted by atomic mass is 32.1. The summed E-state index contributed by atoms with van der Waals surface area (Å²) >= 11 is 1.74. The zero-order valence-electron chi connectivity index (χ0n) is 10.8. The maximum atomic E-state index is 4.72. The second-order valence-electron chi connectivity index (χ2n) is 5.20. The number of likely N-dealkylation sites (N-methyl/N-ethyl adjacent to an activating group) is 1. The number of hydrogen-bond acceptors (Lipinski definition) is 4. The van der Waals surface area contributed by atoms with Gasteiger partial charge in [0.2, 0.25) is 0 Å². The average molecular weight is 261 g/mol. The van der Waals surface area contributed by atoms with Gasteiger partial charge in [-0.05, 0) is 32.0 Å². The van der Waals surface area contributed by atoms with Crippen molar-refractivity contribution in [1.29, 1.82) is 0 Å². The number of aromatic nitrogens is 2. The minimum atomic E-state index is 0.270. The normalized spacial score (nSPS) is 19.2. The molecular weight excluding hydrogens is 242 g/mol. The molecule has 0 aliphatic heterocycles. The Hall–Kier alpha value is -1.00. The molecule has 3 rings (SSSR count). The van der Waals surface area contributed by atoms with E-state index >= 15 is 0 Å². The highest BCUT2D eigenvalue weighted by Crippen LogP contribution is 2.32. The van der Waals surface area contributed by atoms with E-state index in [9.17, 15) is 0 Å². The smallest absolute Gasteiger partial charge is 0.143 e. The van der Waals surface area contributed by atoms with Gasteiger partial charge in [-0.25, -0.2) is 9.97 Å². The van der Waals surface area contributed by atoms with Crippen LogP contribution in [0.5, 0.6) is 0 Å². The van der Waals surface area contributed by atoms with E-state index in [0.29, 0.717) is 0 Å². The second kappa shape index (κ2) is 4.94. The Labute approximate surface area is 112 Å². The van der Waals surface area contributed by atoms with E-state index in [1.807, 2.05) is 12.3 Å². The van der Waals surface area contributed by atoms with Gasteiger partial charge < -0.3 is 5.32 Å². The summed E-state index contributed by atoms with van der Waals surface area (Å²) in [6.07, 6.45) is 9.49. The molecule has 1 saturated carbocycles. The van der Waals surface area contributed by atoms with Gasteiger partial charge in [-0.15, -0.1) is 0 Å². The minimum absolute atomic E-state index is 0.270. The van der Waals surface area contributed by atoms with Gasteiger partial charge >= 0.3 is 0 Å². The van der Waals surface area contributed by atoms with E-state index in [-0.39, 0.29) is 5.54 Å². The van der Waals surface area contributed by atoms with Crippen LogP contribution in [0.25, 0.3) is 10.3 Å². The molecule has 0 atom stereocenters. The molecule has 0 radical (unpaired) electrons. The quantitative estimate of drug-likeness (QED) is 0.922. The largest absolute Gasteiger partial charge is 0.314 e. The number of fused-ring (bicyclic) bond motifs is 1. The first-order chi connectivity index (χ1) is 8.81. The fourth-order valence-electron chi connectivity index (χ4n) is 2.92. The van der Waals surface area contributed by atoms with Crippen molar-refractivity contribution in [1.82, 2.24) is 15.3 Å². The molecule has 3 nitrogen and oxygen atoms in total. The van der Waals surface area contributed by atoms with Gasteiger partial charge in [-0.2, -0.15) is 0 Å². The summed E-state index contributed by atoms with van der Waals surface area (Å²) in [5.41, 5.74) is 1.31. The van der Waals surface area contributed by atoms with Crippen LogP contribution in [0.4, 0.5) is 0 Å². The predicted molar refractivity (Wildman–Crippen MR) is 76.0 cm³/mol. The molecule has 2 aromatic heterocycles. The summed E-state index contributed by atoms with van der Waals surface area (Å²) in [6.45, 7) is 0. The summed E-state index contributed by atoms with van der Waals surface area (Å²) in [6, 6.07) is 4.01. The van der Waals surface area contributed by atoms with E-state index in [0.717, 1.165) is 16.8 Å². The van der Waals surface area contributed by atoms with Crippen molar-refractivity contribution >= 4 is 21.7 Å².